The van der Waals surface area contributed by atoms with E-state index in [1.807, 2.05) is 13.8 Å². The van der Waals surface area contributed by atoms with Gasteiger partial charge in [-0.05, 0) is 12.8 Å². The van der Waals surface area contributed by atoms with Crippen molar-refractivity contribution in [1.82, 2.24) is 9.78 Å². The quantitative estimate of drug-likeness (QED) is 0.843. The Morgan fingerprint density at radius 1 is 1.44 bits per heavy atom. The Balaban J connectivity index is 2.51. The van der Waals surface area contributed by atoms with E-state index in [4.69, 9.17) is 18.0 Å². The highest BCUT2D eigenvalue weighted by Gasteiger charge is 2.32. The highest BCUT2D eigenvalue weighted by atomic mass is 32.1. The molecule has 0 fully saturated rings. The summed E-state index contributed by atoms with van der Waals surface area (Å²) in [7, 11) is 0. The minimum absolute atomic E-state index is 0.282. The van der Waals surface area contributed by atoms with Gasteiger partial charge < -0.3 is 5.73 Å². The van der Waals surface area contributed by atoms with Crippen LogP contribution in [0.4, 0.5) is 13.2 Å². The predicted octanol–water partition coefficient (Wildman–Crippen LogP) is 2.99. The lowest BCUT2D eigenvalue weighted by Crippen LogP contribution is -2.29. The topological polar surface area (TPSA) is 43.8 Å². The Morgan fingerprint density at radius 2 is 2.06 bits per heavy atom. The lowest BCUT2D eigenvalue weighted by Gasteiger charge is -2.22. The van der Waals surface area contributed by atoms with Crippen LogP contribution in [-0.4, -0.2) is 14.8 Å². The molecule has 0 aliphatic rings. The molecule has 2 N–H and O–H groups in total. The van der Waals surface area contributed by atoms with Gasteiger partial charge in [0, 0.05) is 18.2 Å². The lowest BCUT2D eigenvalue weighted by atomic mass is 9.88. The third kappa shape index (κ3) is 3.97. The minimum atomic E-state index is -4.34. The summed E-state index contributed by atoms with van der Waals surface area (Å²) in [6.45, 7) is 4.25. The maximum absolute atomic E-state index is 12.3. The molecule has 0 unspecified atom stereocenters. The van der Waals surface area contributed by atoms with E-state index in [2.05, 4.69) is 5.10 Å². The zero-order valence-electron chi connectivity index (χ0n) is 10.3. The first-order valence-corrected chi connectivity index (χ1v) is 5.93. The van der Waals surface area contributed by atoms with Gasteiger partial charge in [0.05, 0.1) is 16.7 Å². The first kappa shape index (κ1) is 14.9. The molecule has 0 spiro atoms. The molecule has 1 aromatic rings. The van der Waals surface area contributed by atoms with Crippen molar-refractivity contribution in [3.63, 3.8) is 0 Å². The van der Waals surface area contributed by atoms with Gasteiger partial charge in [-0.1, -0.05) is 26.1 Å². The van der Waals surface area contributed by atoms with Crippen LogP contribution in [0.25, 0.3) is 0 Å². The zero-order valence-corrected chi connectivity index (χ0v) is 11.1. The summed E-state index contributed by atoms with van der Waals surface area (Å²) >= 11 is 4.92. The number of hydrogen-bond acceptors (Lipinski definition) is 2. The van der Waals surface area contributed by atoms with Crippen molar-refractivity contribution >= 4 is 17.2 Å². The summed E-state index contributed by atoms with van der Waals surface area (Å²) in [5.74, 6) is 0. The number of nitrogens with two attached hydrogens (primary N) is 1. The van der Waals surface area contributed by atoms with Gasteiger partial charge in [0.15, 0.2) is 0 Å². The van der Waals surface area contributed by atoms with Crippen molar-refractivity contribution in [3.05, 3.63) is 18.0 Å². The monoisotopic (exact) mass is 279 g/mol. The fraction of sp³-hybridized carbons (Fsp3) is 0.636. The highest BCUT2D eigenvalue weighted by Crippen LogP contribution is 2.28. The van der Waals surface area contributed by atoms with Gasteiger partial charge in [0.2, 0.25) is 0 Å². The van der Waals surface area contributed by atoms with Gasteiger partial charge in [-0.2, -0.15) is 18.3 Å². The Morgan fingerprint density at radius 3 is 2.50 bits per heavy atom. The minimum Gasteiger partial charge on any atom is -0.393 e. The molecule has 0 aliphatic heterocycles. The maximum Gasteiger partial charge on any atom is 0.419 e. The van der Waals surface area contributed by atoms with Crippen LogP contribution in [0.15, 0.2) is 12.4 Å². The summed E-state index contributed by atoms with van der Waals surface area (Å²) in [6, 6.07) is 0. The third-order valence-corrected chi connectivity index (χ3v) is 3.37. The normalized spacial score (nSPS) is 12.7. The number of halogens is 3. The molecular weight excluding hydrogens is 263 g/mol. The first-order valence-electron chi connectivity index (χ1n) is 5.52. The molecule has 3 nitrogen and oxygen atoms in total. The Labute approximate surface area is 109 Å². The van der Waals surface area contributed by atoms with Crippen LogP contribution in [0, 0.1) is 5.41 Å². The summed E-state index contributed by atoms with van der Waals surface area (Å²) in [5, 5.41) is 3.68. The average molecular weight is 279 g/mol. The summed E-state index contributed by atoms with van der Waals surface area (Å²) in [5.41, 5.74) is 4.56. The molecule has 0 aliphatic carbocycles. The van der Waals surface area contributed by atoms with Gasteiger partial charge in [-0.15, -0.1) is 0 Å². The molecule has 1 aromatic heterocycles. The van der Waals surface area contributed by atoms with E-state index >= 15 is 0 Å². The van der Waals surface area contributed by atoms with Crippen LogP contribution >= 0.6 is 12.2 Å². The molecule has 7 heteroatoms. The van der Waals surface area contributed by atoms with Gasteiger partial charge in [0.25, 0.3) is 0 Å². The molecule has 0 saturated heterocycles. The maximum atomic E-state index is 12.3. The van der Waals surface area contributed by atoms with Crippen molar-refractivity contribution in [3.8, 4) is 0 Å². The number of hydrogen-bond donors (Lipinski definition) is 1. The van der Waals surface area contributed by atoms with Crippen molar-refractivity contribution in [2.45, 2.75) is 39.4 Å². The van der Waals surface area contributed by atoms with E-state index in [1.165, 1.54) is 4.68 Å². The lowest BCUT2D eigenvalue weighted by molar-refractivity contribution is -0.137. The Hall–Kier alpha value is -1.11. The number of nitrogens with zero attached hydrogens (tertiary/aromatic N) is 2. The second kappa shape index (κ2) is 5.26. The molecule has 0 radical (unpaired) electrons. The van der Waals surface area contributed by atoms with Crippen LogP contribution < -0.4 is 5.73 Å². The fourth-order valence-electron chi connectivity index (χ4n) is 1.44. The second-order valence-electron chi connectivity index (χ2n) is 4.84. The smallest absolute Gasteiger partial charge is 0.393 e. The average Bonchev–Trinajstić information content (AvgIpc) is 2.65. The summed E-state index contributed by atoms with van der Waals surface area (Å²) < 4.78 is 38.3. The van der Waals surface area contributed by atoms with Gasteiger partial charge in [0.1, 0.15) is 0 Å². The van der Waals surface area contributed by atoms with Gasteiger partial charge >= 0.3 is 6.18 Å². The molecule has 102 valence electrons. The van der Waals surface area contributed by atoms with Gasteiger partial charge in [-0.3, -0.25) is 4.68 Å². The van der Waals surface area contributed by atoms with Crippen LogP contribution in [0.1, 0.15) is 32.3 Å². The Kier molecular flexibility index (Phi) is 4.37. The van der Waals surface area contributed by atoms with E-state index in [0.717, 1.165) is 12.4 Å². The second-order valence-corrected chi connectivity index (χ2v) is 5.28. The van der Waals surface area contributed by atoms with E-state index in [0.29, 0.717) is 24.4 Å². The molecule has 0 amide bonds. The molecular formula is C11H16F3N3S. The molecule has 0 bridgehead atoms. The van der Waals surface area contributed by atoms with Crippen LogP contribution in [0.5, 0.6) is 0 Å². The highest BCUT2D eigenvalue weighted by molar-refractivity contribution is 7.80. The van der Waals surface area contributed by atoms with Crippen LogP contribution in [0.2, 0.25) is 0 Å². The largest absolute Gasteiger partial charge is 0.419 e. The van der Waals surface area contributed by atoms with Crippen molar-refractivity contribution in [2.75, 3.05) is 0 Å². The zero-order chi connectivity index (χ0) is 14.0. The van der Waals surface area contributed by atoms with E-state index in [-0.39, 0.29) is 5.41 Å². The van der Waals surface area contributed by atoms with Crippen LogP contribution in [-0.2, 0) is 12.7 Å². The summed E-state index contributed by atoms with van der Waals surface area (Å²) in [4.78, 5) is 0.416. The molecule has 0 atom stereocenters. The number of rotatable bonds is 5. The summed E-state index contributed by atoms with van der Waals surface area (Å²) in [6.07, 6.45) is -1.12. The number of thiocarbonyl (C=S) groups is 1. The standard InChI is InChI=1S/C11H16F3N3S/c1-10(2,9(15)18)4-3-5-17-7-8(6-16-17)11(12,13)14/h6-7H,3-5H2,1-2H3,(H2,15,18). The van der Waals surface area contributed by atoms with E-state index in [1.54, 1.807) is 0 Å². The predicted molar refractivity (Wildman–Crippen MR) is 67.0 cm³/mol. The van der Waals surface area contributed by atoms with Crippen LogP contribution in [0.3, 0.4) is 0 Å². The fourth-order valence-corrected chi connectivity index (χ4v) is 1.54. The number of alkyl halides is 3. The SMILES string of the molecule is CC(C)(CCCn1cc(C(F)(F)F)cn1)C(N)=S. The van der Waals surface area contributed by atoms with Crippen molar-refractivity contribution in [1.29, 1.82) is 0 Å². The molecule has 0 aromatic carbocycles. The number of aromatic nitrogens is 2. The molecule has 18 heavy (non-hydrogen) atoms. The van der Waals surface area contributed by atoms with Crippen molar-refractivity contribution in [2.24, 2.45) is 11.1 Å². The molecule has 1 heterocycles. The van der Waals surface area contributed by atoms with Gasteiger partial charge in [-0.25, -0.2) is 0 Å². The molecule has 1 rings (SSSR count). The van der Waals surface area contributed by atoms with E-state index < -0.39 is 11.7 Å². The first-order chi connectivity index (χ1) is 8.13. The Bertz CT molecular complexity index is 423. The van der Waals surface area contributed by atoms with Crippen molar-refractivity contribution < 1.29 is 13.2 Å². The number of aryl methyl sites for hydroxylation is 1. The third-order valence-electron chi connectivity index (χ3n) is 2.82. The molecule has 0 saturated carbocycles. The van der Waals surface area contributed by atoms with E-state index in [9.17, 15) is 13.2 Å².